The largest absolute Gasteiger partial charge is 0.399 e. The molecule has 0 heterocycles. The molecular weight excluding hydrogens is 186 g/mol. The Kier molecular flexibility index (Phi) is 2.21. The molecular formula is C12H13N3. The highest BCUT2D eigenvalue weighted by Crippen LogP contribution is 2.25. The van der Waals surface area contributed by atoms with Crippen molar-refractivity contribution in [3.05, 3.63) is 42.5 Å². The zero-order valence-electron chi connectivity index (χ0n) is 8.27. The van der Waals surface area contributed by atoms with Crippen LogP contribution in [0, 0.1) is 0 Å². The lowest BCUT2D eigenvalue weighted by atomic mass is 10.0. The fraction of sp³-hybridized carbons (Fsp3) is 0. The maximum Gasteiger partial charge on any atom is 0.0554 e. The van der Waals surface area contributed by atoms with Crippen LogP contribution in [0.3, 0.4) is 0 Å². The van der Waals surface area contributed by atoms with Gasteiger partial charge in [0.25, 0.3) is 0 Å². The molecule has 0 aliphatic carbocycles. The van der Waals surface area contributed by atoms with Crippen molar-refractivity contribution in [2.75, 3.05) is 17.2 Å². The van der Waals surface area contributed by atoms with Gasteiger partial charge in [-0.1, -0.05) is 18.2 Å². The van der Waals surface area contributed by atoms with Crippen LogP contribution < -0.4 is 17.2 Å². The second-order valence-electron chi connectivity index (χ2n) is 3.47. The van der Waals surface area contributed by atoms with E-state index >= 15 is 0 Å². The summed E-state index contributed by atoms with van der Waals surface area (Å²) in [6.07, 6.45) is 0. The summed E-state index contributed by atoms with van der Waals surface area (Å²) in [5.74, 6) is 0. The molecule has 6 N–H and O–H groups in total. The lowest BCUT2D eigenvalue weighted by Gasteiger charge is -2.05. The smallest absolute Gasteiger partial charge is 0.0554 e. The third-order valence-corrected chi connectivity index (χ3v) is 2.33. The molecule has 0 fully saturated rings. The van der Waals surface area contributed by atoms with E-state index in [2.05, 4.69) is 0 Å². The van der Waals surface area contributed by atoms with E-state index in [1.165, 1.54) is 0 Å². The first-order valence-electron chi connectivity index (χ1n) is 4.68. The zero-order valence-corrected chi connectivity index (χ0v) is 8.27. The second-order valence-corrected chi connectivity index (χ2v) is 3.47. The second kappa shape index (κ2) is 3.53. The van der Waals surface area contributed by atoms with Gasteiger partial charge in [0.15, 0.2) is 0 Å². The minimum atomic E-state index is 0.601. The maximum atomic E-state index is 5.74. The Hall–Kier alpha value is -2.16. The van der Waals surface area contributed by atoms with E-state index in [0.29, 0.717) is 11.4 Å². The van der Waals surface area contributed by atoms with Crippen LogP contribution in [0.2, 0.25) is 0 Å². The minimum Gasteiger partial charge on any atom is -0.399 e. The van der Waals surface area contributed by atoms with Crippen LogP contribution in [0.25, 0.3) is 11.1 Å². The SMILES string of the molecule is Nc1ccc(-c2ccc(N)c(N)c2)cc1. The van der Waals surface area contributed by atoms with E-state index in [4.69, 9.17) is 17.2 Å². The summed E-state index contributed by atoms with van der Waals surface area (Å²) in [6, 6.07) is 13.3. The van der Waals surface area contributed by atoms with Gasteiger partial charge in [0.1, 0.15) is 0 Å². The van der Waals surface area contributed by atoms with Crippen LogP contribution >= 0.6 is 0 Å². The standard InChI is InChI=1S/C12H13N3/c13-10-4-1-8(2-5-10)9-3-6-11(14)12(15)7-9/h1-7H,13-15H2. The van der Waals surface area contributed by atoms with Crippen LogP contribution in [0.1, 0.15) is 0 Å². The molecule has 0 bridgehead atoms. The van der Waals surface area contributed by atoms with Crippen molar-refractivity contribution >= 4 is 17.1 Å². The molecule has 0 spiro atoms. The average molecular weight is 199 g/mol. The Balaban J connectivity index is 2.45. The highest BCUT2D eigenvalue weighted by molar-refractivity contribution is 5.75. The molecule has 0 saturated carbocycles. The zero-order chi connectivity index (χ0) is 10.8. The van der Waals surface area contributed by atoms with Gasteiger partial charge >= 0.3 is 0 Å². The van der Waals surface area contributed by atoms with Crippen molar-refractivity contribution in [3.8, 4) is 11.1 Å². The number of benzene rings is 2. The third-order valence-electron chi connectivity index (χ3n) is 2.33. The average Bonchev–Trinajstić information content (AvgIpc) is 2.23. The summed E-state index contributed by atoms with van der Waals surface area (Å²) in [6.45, 7) is 0. The number of anilines is 3. The predicted molar refractivity (Wildman–Crippen MR) is 65.1 cm³/mol. The molecule has 0 unspecified atom stereocenters. The molecule has 2 rings (SSSR count). The molecule has 0 aliphatic heterocycles. The van der Waals surface area contributed by atoms with Gasteiger partial charge in [0, 0.05) is 5.69 Å². The maximum absolute atomic E-state index is 5.74. The summed E-state index contributed by atoms with van der Waals surface area (Å²) in [7, 11) is 0. The molecule has 0 amide bonds. The highest BCUT2D eigenvalue weighted by atomic mass is 14.7. The molecule has 3 nitrogen and oxygen atoms in total. The lowest BCUT2D eigenvalue weighted by Crippen LogP contribution is -1.94. The van der Waals surface area contributed by atoms with Crippen molar-refractivity contribution in [2.45, 2.75) is 0 Å². The van der Waals surface area contributed by atoms with Crippen molar-refractivity contribution in [1.29, 1.82) is 0 Å². The van der Waals surface area contributed by atoms with E-state index in [0.717, 1.165) is 16.8 Å². The van der Waals surface area contributed by atoms with Crippen molar-refractivity contribution in [1.82, 2.24) is 0 Å². The Labute approximate surface area is 88.5 Å². The molecule has 0 radical (unpaired) electrons. The van der Waals surface area contributed by atoms with Crippen LogP contribution in [0.15, 0.2) is 42.5 Å². The Morgan fingerprint density at radius 1 is 0.600 bits per heavy atom. The van der Waals surface area contributed by atoms with Gasteiger partial charge in [-0.05, 0) is 35.4 Å². The summed E-state index contributed by atoms with van der Waals surface area (Å²) < 4.78 is 0. The summed E-state index contributed by atoms with van der Waals surface area (Å²) in [5, 5.41) is 0. The number of nitrogens with two attached hydrogens (primary N) is 3. The molecule has 0 aliphatic rings. The van der Waals surface area contributed by atoms with E-state index < -0.39 is 0 Å². The van der Waals surface area contributed by atoms with Crippen molar-refractivity contribution in [2.24, 2.45) is 0 Å². The Morgan fingerprint density at radius 3 is 1.80 bits per heavy atom. The molecule has 15 heavy (non-hydrogen) atoms. The molecule has 0 saturated heterocycles. The Bertz CT molecular complexity index is 475. The van der Waals surface area contributed by atoms with Crippen molar-refractivity contribution in [3.63, 3.8) is 0 Å². The monoisotopic (exact) mass is 199 g/mol. The molecule has 76 valence electrons. The summed E-state index contributed by atoms with van der Waals surface area (Å²) >= 11 is 0. The molecule has 2 aromatic carbocycles. The lowest BCUT2D eigenvalue weighted by molar-refractivity contribution is 1.60. The Morgan fingerprint density at radius 2 is 1.20 bits per heavy atom. The number of hydrogen-bond donors (Lipinski definition) is 3. The summed E-state index contributed by atoms with van der Waals surface area (Å²) in [5.41, 5.74) is 21.1. The topological polar surface area (TPSA) is 78.1 Å². The number of nitrogen functional groups attached to an aromatic ring is 3. The quantitative estimate of drug-likeness (QED) is 0.615. The van der Waals surface area contributed by atoms with E-state index in [1.54, 1.807) is 6.07 Å². The van der Waals surface area contributed by atoms with Crippen molar-refractivity contribution < 1.29 is 0 Å². The molecule has 0 atom stereocenters. The predicted octanol–water partition coefficient (Wildman–Crippen LogP) is 2.10. The first-order chi connectivity index (χ1) is 7.16. The summed E-state index contributed by atoms with van der Waals surface area (Å²) in [4.78, 5) is 0. The highest BCUT2D eigenvalue weighted by Gasteiger charge is 1.99. The number of hydrogen-bond acceptors (Lipinski definition) is 3. The fourth-order valence-corrected chi connectivity index (χ4v) is 1.43. The van der Waals surface area contributed by atoms with Gasteiger partial charge in [-0.15, -0.1) is 0 Å². The molecule has 3 heteroatoms. The fourth-order valence-electron chi connectivity index (χ4n) is 1.43. The molecule has 2 aromatic rings. The van der Waals surface area contributed by atoms with Crippen LogP contribution in [0.5, 0.6) is 0 Å². The van der Waals surface area contributed by atoms with Gasteiger partial charge < -0.3 is 17.2 Å². The van der Waals surface area contributed by atoms with Gasteiger partial charge in [-0.3, -0.25) is 0 Å². The van der Waals surface area contributed by atoms with Gasteiger partial charge in [0.2, 0.25) is 0 Å². The first kappa shape index (κ1) is 9.40. The minimum absolute atomic E-state index is 0.601. The van der Waals surface area contributed by atoms with Gasteiger partial charge in [0.05, 0.1) is 11.4 Å². The molecule has 0 aromatic heterocycles. The van der Waals surface area contributed by atoms with E-state index in [-0.39, 0.29) is 0 Å². The normalized spacial score (nSPS) is 10.1. The first-order valence-corrected chi connectivity index (χ1v) is 4.68. The van der Waals surface area contributed by atoms with Gasteiger partial charge in [-0.2, -0.15) is 0 Å². The van der Waals surface area contributed by atoms with Crippen LogP contribution in [-0.2, 0) is 0 Å². The van der Waals surface area contributed by atoms with Gasteiger partial charge in [-0.25, -0.2) is 0 Å². The number of rotatable bonds is 1. The van der Waals surface area contributed by atoms with Crippen LogP contribution in [-0.4, -0.2) is 0 Å². The van der Waals surface area contributed by atoms with Crippen LogP contribution in [0.4, 0.5) is 17.1 Å². The van der Waals surface area contributed by atoms with E-state index in [1.807, 2.05) is 36.4 Å². The third kappa shape index (κ3) is 1.86. The van der Waals surface area contributed by atoms with E-state index in [9.17, 15) is 0 Å².